The summed E-state index contributed by atoms with van der Waals surface area (Å²) < 4.78 is 51.1. The second kappa shape index (κ2) is 8.59. The zero-order chi connectivity index (χ0) is 20.8. The number of pyridine rings is 1. The van der Waals surface area contributed by atoms with E-state index in [9.17, 15) is 22.8 Å². The van der Waals surface area contributed by atoms with Crippen molar-refractivity contribution in [2.45, 2.75) is 18.8 Å². The number of aryl methyl sites for hydroxylation is 1. The van der Waals surface area contributed by atoms with Gasteiger partial charge in [-0.1, -0.05) is 24.3 Å². The van der Waals surface area contributed by atoms with E-state index in [0.717, 1.165) is 7.11 Å². The summed E-state index contributed by atoms with van der Waals surface area (Å²) in [6.45, 7) is 0.812. The van der Waals surface area contributed by atoms with Gasteiger partial charge in [-0.3, -0.25) is 4.79 Å². The average Bonchev–Trinajstić information content (AvgIpc) is 2.65. The number of rotatable bonds is 7. The maximum absolute atomic E-state index is 13.9. The zero-order valence-corrected chi connectivity index (χ0v) is 15.0. The minimum Gasteiger partial charge on any atom is -0.484 e. The molecule has 1 aromatic carbocycles. The largest absolute Gasteiger partial charge is 0.484 e. The Bertz CT molecular complexity index is 830. The molecule has 1 atom stereocenters. The lowest BCUT2D eigenvalue weighted by Gasteiger charge is -2.34. The van der Waals surface area contributed by atoms with Crippen molar-refractivity contribution in [2.24, 2.45) is 0 Å². The second-order valence-corrected chi connectivity index (χ2v) is 5.68. The number of aromatic nitrogens is 1. The van der Waals surface area contributed by atoms with Crippen LogP contribution in [-0.2, 0) is 14.3 Å². The number of hydrogen-bond acceptors (Lipinski definition) is 6. The number of para-hydroxylation sites is 1. The fourth-order valence-corrected chi connectivity index (χ4v) is 2.26. The third-order valence-electron chi connectivity index (χ3n) is 3.56. The molecule has 2 rings (SSSR count). The number of halogens is 3. The Balaban J connectivity index is 2.28. The number of esters is 1. The van der Waals surface area contributed by atoms with Crippen molar-refractivity contribution >= 4 is 17.7 Å². The SMILES string of the molecule is COC(=O)[C@](NC(=O)COc1ccccc1)(Nc1cccc(C)n1)C(F)(F)F. The van der Waals surface area contributed by atoms with Gasteiger partial charge in [0.1, 0.15) is 11.6 Å². The number of alkyl halides is 3. The highest BCUT2D eigenvalue weighted by atomic mass is 19.4. The van der Waals surface area contributed by atoms with E-state index < -0.39 is 30.3 Å². The number of nitrogens with one attached hydrogen (secondary N) is 2. The second-order valence-electron chi connectivity index (χ2n) is 5.68. The summed E-state index contributed by atoms with van der Waals surface area (Å²) in [5.41, 5.74) is -3.13. The minimum absolute atomic E-state index is 0.271. The van der Waals surface area contributed by atoms with Crippen molar-refractivity contribution in [1.29, 1.82) is 0 Å². The number of nitrogens with zero attached hydrogens (tertiary/aromatic N) is 1. The van der Waals surface area contributed by atoms with Crippen LogP contribution < -0.4 is 15.4 Å². The number of amides is 1. The molecule has 1 amide bonds. The summed E-state index contributed by atoms with van der Waals surface area (Å²) >= 11 is 0. The zero-order valence-electron chi connectivity index (χ0n) is 15.0. The van der Waals surface area contributed by atoms with Crippen LogP contribution in [-0.4, -0.2) is 42.4 Å². The molecule has 0 aliphatic rings. The van der Waals surface area contributed by atoms with Crippen molar-refractivity contribution in [1.82, 2.24) is 10.3 Å². The van der Waals surface area contributed by atoms with Crippen LogP contribution in [0.4, 0.5) is 19.0 Å². The van der Waals surface area contributed by atoms with E-state index in [1.807, 2.05) is 5.32 Å². The normalized spacial score (nSPS) is 13.2. The van der Waals surface area contributed by atoms with Gasteiger partial charge in [-0.2, -0.15) is 13.2 Å². The minimum atomic E-state index is -5.24. The van der Waals surface area contributed by atoms with Crippen LogP contribution in [0.25, 0.3) is 0 Å². The van der Waals surface area contributed by atoms with Crippen molar-refractivity contribution in [2.75, 3.05) is 19.0 Å². The Labute approximate surface area is 158 Å². The first kappa shape index (κ1) is 21.0. The Hall–Kier alpha value is -3.30. The summed E-state index contributed by atoms with van der Waals surface area (Å²) in [6.07, 6.45) is -5.24. The Morgan fingerprint density at radius 2 is 1.75 bits per heavy atom. The molecule has 0 bridgehead atoms. The topological polar surface area (TPSA) is 89.5 Å². The number of carbonyl (C=O) groups is 2. The highest BCUT2D eigenvalue weighted by Crippen LogP contribution is 2.32. The molecule has 28 heavy (non-hydrogen) atoms. The third kappa shape index (κ3) is 4.90. The summed E-state index contributed by atoms with van der Waals surface area (Å²) in [7, 11) is 0.779. The van der Waals surface area contributed by atoms with E-state index in [1.165, 1.54) is 24.3 Å². The van der Waals surface area contributed by atoms with E-state index in [-0.39, 0.29) is 11.6 Å². The van der Waals surface area contributed by atoms with Gasteiger partial charge >= 0.3 is 17.8 Å². The monoisotopic (exact) mass is 397 g/mol. The Morgan fingerprint density at radius 1 is 1.07 bits per heavy atom. The lowest BCUT2D eigenvalue weighted by atomic mass is 10.1. The quantitative estimate of drug-likeness (QED) is 0.551. The Morgan fingerprint density at radius 3 is 2.32 bits per heavy atom. The van der Waals surface area contributed by atoms with Gasteiger partial charge < -0.3 is 20.1 Å². The van der Waals surface area contributed by atoms with Gasteiger partial charge in [-0.25, -0.2) is 9.78 Å². The van der Waals surface area contributed by atoms with E-state index in [4.69, 9.17) is 4.74 Å². The molecule has 0 radical (unpaired) electrons. The number of ether oxygens (including phenoxy) is 2. The van der Waals surface area contributed by atoms with Crippen LogP contribution in [0.15, 0.2) is 48.5 Å². The van der Waals surface area contributed by atoms with Crippen molar-refractivity contribution < 1.29 is 32.2 Å². The van der Waals surface area contributed by atoms with Crippen LogP contribution in [0, 0.1) is 6.92 Å². The molecule has 10 heteroatoms. The molecule has 0 spiro atoms. The first-order chi connectivity index (χ1) is 13.2. The number of benzene rings is 1. The van der Waals surface area contributed by atoms with Crippen molar-refractivity contribution in [3.63, 3.8) is 0 Å². The first-order valence-electron chi connectivity index (χ1n) is 8.04. The molecule has 0 saturated heterocycles. The molecule has 0 saturated carbocycles. The molecule has 0 aliphatic heterocycles. The predicted molar refractivity (Wildman–Crippen MR) is 93.5 cm³/mol. The van der Waals surface area contributed by atoms with Crippen LogP contribution in [0.1, 0.15) is 5.69 Å². The summed E-state index contributed by atoms with van der Waals surface area (Å²) in [6, 6.07) is 12.3. The molecule has 7 nitrogen and oxygen atoms in total. The molecule has 1 aromatic heterocycles. The van der Waals surface area contributed by atoms with E-state index in [0.29, 0.717) is 5.69 Å². The summed E-state index contributed by atoms with van der Waals surface area (Å²) in [5, 5.41) is 3.60. The molecular weight excluding hydrogens is 379 g/mol. The standard InChI is InChI=1S/C18H18F3N3O4/c1-12-7-6-10-14(22-12)23-17(16(26)27-2,18(19,20)21)24-15(25)11-28-13-8-4-3-5-9-13/h3-10H,11H2,1-2H3,(H,22,23)(H,24,25)/t17-/m1/s1. The van der Waals surface area contributed by atoms with Gasteiger partial charge in [0.05, 0.1) is 7.11 Å². The van der Waals surface area contributed by atoms with Gasteiger partial charge in [-0.15, -0.1) is 0 Å². The fourth-order valence-electron chi connectivity index (χ4n) is 2.26. The van der Waals surface area contributed by atoms with E-state index >= 15 is 0 Å². The maximum Gasteiger partial charge on any atom is 0.441 e. The van der Waals surface area contributed by atoms with Crippen molar-refractivity contribution in [3.05, 3.63) is 54.2 Å². The molecule has 0 unspecified atom stereocenters. The van der Waals surface area contributed by atoms with Gasteiger partial charge in [0, 0.05) is 5.69 Å². The average molecular weight is 397 g/mol. The lowest BCUT2D eigenvalue weighted by molar-refractivity contribution is -0.206. The van der Waals surface area contributed by atoms with E-state index in [2.05, 4.69) is 9.72 Å². The van der Waals surface area contributed by atoms with Crippen LogP contribution in [0.2, 0.25) is 0 Å². The fraction of sp³-hybridized carbons (Fsp3) is 0.278. The molecule has 0 fully saturated rings. The first-order valence-corrected chi connectivity index (χ1v) is 8.04. The molecule has 1 heterocycles. The number of carbonyl (C=O) groups excluding carboxylic acids is 2. The van der Waals surface area contributed by atoms with Gasteiger partial charge in [0.25, 0.3) is 5.91 Å². The lowest BCUT2D eigenvalue weighted by Crippen LogP contribution is -2.69. The Kier molecular flexibility index (Phi) is 6.45. The summed E-state index contributed by atoms with van der Waals surface area (Å²) in [4.78, 5) is 28.1. The number of methoxy groups -OCH3 is 1. The third-order valence-corrected chi connectivity index (χ3v) is 3.56. The van der Waals surface area contributed by atoms with Crippen LogP contribution in [0.5, 0.6) is 5.75 Å². The van der Waals surface area contributed by atoms with Gasteiger partial charge in [0.2, 0.25) is 0 Å². The van der Waals surface area contributed by atoms with Crippen LogP contribution >= 0.6 is 0 Å². The number of hydrogen-bond donors (Lipinski definition) is 2. The highest BCUT2D eigenvalue weighted by molar-refractivity contribution is 5.91. The molecule has 2 aromatic rings. The van der Waals surface area contributed by atoms with E-state index in [1.54, 1.807) is 36.5 Å². The molecule has 0 aliphatic carbocycles. The molecular formula is C18H18F3N3O4. The smallest absolute Gasteiger partial charge is 0.441 e. The van der Waals surface area contributed by atoms with Gasteiger partial charge in [0.15, 0.2) is 6.61 Å². The maximum atomic E-state index is 13.9. The highest BCUT2D eigenvalue weighted by Gasteiger charge is 2.63. The number of anilines is 1. The summed E-state index contributed by atoms with van der Waals surface area (Å²) in [5.74, 6) is -2.93. The van der Waals surface area contributed by atoms with Crippen LogP contribution in [0.3, 0.4) is 0 Å². The van der Waals surface area contributed by atoms with Gasteiger partial charge in [-0.05, 0) is 31.2 Å². The molecule has 150 valence electrons. The van der Waals surface area contributed by atoms with Crippen molar-refractivity contribution in [3.8, 4) is 5.75 Å². The predicted octanol–water partition coefficient (Wildman–Crippen LogP) is 2.43. The molecule has 2 N–H and O–H groups in total.